The van der Waals surface area contributed by atoms with E-state index in [0.717, 1.165) is 13.0 Å². The molecule has 0 aliphatic carbocycles. The van der Waals surface area contributed by atoms with Crippen molar-refractivity contribution in [2.45, 2.75) is 18.9 Å². The molecule has 15 heavy (non-hydrogen) atoms. The molecule has 2 atom stereocenters. The van der Waals surface area contributed by atoms with Gasteiger partial charge in [-0.25, -0.2) is 0 Å². The molecule has 1 aromatic rings. The van der Waals surface area contributed by atoms with Gasteiger partial charge in [0.15, 0.2) is 0 Å². The van der Waals surface area contributed by atoms with Crippen molar-refractivity contribution in [3.63, 3.8) is 0 Å². The van der Waals surface area contributed by atoms with Gasteiger partial charge in [0, 0.05) is 22.0 Å². The average Bonchev–Trinajstić information content (AvgIpc) is 2.29. The lowest BCUT2D eigenvalue weighted by Crippen LogP contribution is -2.23. The highest BCUT2D eigenvalue weighted by Gasteiger charge is 2.26. The van der Waals surface area contributed by atoms with Gasteiger partial charge < -0.3 is 4.74 Å². The third-order valence-corrected chi connectivity index (χ3v) is 3.89. The van der Waals surface area contributed by atoms with Crippen molar-refractivity contribution in [3.8, 4) is 0 Å². The zero-order valence-corrected chi connectivity index (χ0v) is 11.4. The van der Waals surface area contributed by atoms with E-state index in [-0.39, 0.29) is 6.10 Å². The lowest BCUT2D eigenvalue weighted by atomic mass is 9.91. The second kappa shape index (κ2) is 5.51. The first-order valence-corrected chi connectivity index (χ1v) is 6.85. The van der Waals surface area contributed by atoms with Gasteiger partial charge in [0.05, 0.1) is 6.10 Å². The van der Waals surface area contributed by atoms with Crippen molar-refractivity contribution in [1.29, 1.82) is 0 Å². The zero-order chi connectivity index (χ0) is 10.7. The Morgan fingerprint density at radius 2 is 2.33 bits per heavy atom. The maximum absolute atomic E-state index is 5.98. The second-order valence-electron chi connectivity index (χ2n) is 3.90. The van der Waals surface area contributed by atoms with Crippen molar-refractivity contribution in [1.82, 2.24) is 0 Å². The summed E-state index contributed by atoms with van der Waals surface area (Å²) < 4.78 is 7.09. The van der Waals surface area contributed by atoms with E-state index in [9.17, 15) is 0 Å². The molecule has 0 amide bonds. The molecular weight excluding hydrogens is 322 g/mol. The maximum Gasteiger partial charge on any atom is 0.0864 e. The van der Waals surface area contributed by atoms with Gasteiger partial charge in [-0.3, -0.25) is 0 Å². The van der Waals surface area contributed by atoms with Crippen LogP contribution in [-0.4, -0.2) is 12.5 Å². The Hall–Kier alpha value is 0.200. The Kier molecular flexibility index (Phi) is 4.29. The fourth-order valence-electron chi connectivity index (χ4n) is 2.05. The Morgan fingerprint density at radius 1 is 1.47 bits per heavy atom. The van der Waals surface area contributed by atoms with Gasteiger partial charge in [-0.15, -0.1) is 11.6 Å². The van der Waals surface area contributed by atoms with Crippen LogP contribution in [0.4, 0.5) is 0 Å². The molecule has 0 aromatic heterocycles. The molecule has 0 spiro atoms. The van der Waals surface area contributed by atoms with Gasteiger partial charge in [0.25, 0.3) is 0 Å². The van der Waals surface area contributed by atoms with Crippen LogP contribution in [0.2, 0.25) is 0 Å². The first-order valence-electron chi connectivity index (χ1n) is 5.24. The molecule has 0 saturated carbocycles. The third-order valence-electron chi connectivity index (χ3n) is 2.82. The summed E-state index contributed by atoms with van der Waals surface area (Å²) >= 11 is 8.32. The van der Waals surface area contributed by atoms with E-state index in [4.69, 9.17) is 16.3 Å². The molecule has 0 radical (unpaired) electrons. The van der Waals surface area contributed by atoms with E-state index in [2.05, 4.69) is 46.9 Å². The number of benzene rings is 1. The first-order chi connectivity index (χ1) is 7.31. The highest BCUT2D eigenvalue weighted by molar-refractivity contribution is 14.1. The molecular formula is C12H14ClIO. The van der Waals surface area contributed by atoms with Crippen LogP contribution in [0.3, 0.4) is 0 Å². The molecule has 1 aliphatic heterocycles. The lowest BCUT2D eigenvalue weighted by Gasteiger charge is -2.30. The van der Waals surface area contributed by atoms with Crippen molar-refractivity contribution >= 4 is 34.2 Å². The molecule has 1 aliphatic rings. The van der Waals surface area contributed by atoms with Gasteiger partial charge >= 0.3 is 0 Å². The monoisotopic (exact) mass is 336 g/mol. The summed E-state index contributed by atoms with van der Waals surface area (Å²) in [4.78, 5) is 0. The molecule has 1 fully saturated rings. The number of hydrogen-bond donors (Lipinski definition) is 0. The molecule has 1 heterocycles. The minimum absolute atomic E-state index is 0.200. The molecule has 82 valence electrons. The predicted molar refractivity (Wildman–Crippen MR) is 71.3 cm³/mol. The summed E-state index contributed by atoms with van der Waals surface area (Å²) in [6.07, 6.45) is 2.52. The second-order valence-corrected chi connectivity index (χ2v) is 5.46. The Labute approximate surface area is 109 Å². The average molecular weight is 337 g/mol. The van der Waals surface area contributed by atoms with Crippen LogP contribution in [0.25, 0.3) is 0 Å². The van der Waals surface area contributed by atoms with E-state index < -0.39 is 0 Å². The highest BCUT2D eigenvalue weighted by atomic mass is 127. The standard InChI is InChI=1S/C12H14ClIO/c13-8-10-4-2-6-15-12(10)9-3-1-5-11(14)7-9/h1,3,5,7,10,12H,2,4,6,8H2. The van der Waals surface area contributed by atoms with Crippen molar-refractivity contribution < 1.29 is 4.74 Å². The minimum atomic E-state index is 0.200. The maximum atomic E-state index is 5.98. The molecule has 2 unspecified atom stereocenters. The molecule has 0 bridgehead atoms. The minimum Gasteiger partial charge on any atom is -0.373 e. The fraction of sp³-hybridized carbons (Fsp3) is 0.500. The van der Waals surface area contributed by atoms with Gasteiger partial charge in [-0.2, -0.15) is 0 Å². The quantitative estimate of drug-likeness (QED) is 0.586. The molecule has 1 saturated heterocycles. The van der Waals surface area contributed by atoms with E-state index in [1.54, 1.807) is 0 Å². The number of alkyl halides is 1. The zero-order valence-electron chi connectivity index (χ0n) is 8.46. The summed E-state index contributed by atoms with van der Waals surface area (Å²) in [5.41, 5.74) is 1.27. The van der Waals surface area contributed by atoms with Crippen molar-refractivity contribution in [3.05, 3.63) is 33.4 Å². The molecule has 0 N–H and O–H groups in total. The van der Waals surface area contributed by atoms with Crippen LogP contribution in [0.5, 0.6) is 0 Å². The largest absolute Gasteiger partial charge is 0.373 e. The Morgan fingerprint density at radius 3 is 3.07 bits per heavy atom. The first kappa shape index (κ1) is 11.7. The Bertz CT molecular complexity index is 329. The third kappa shape index (κ3) is 2.86. The van der Waals surface area contributed by atoms with Crippen LogP contribution in [0.1, 0.15) is 24.5 Å². The predicted octanol–water partition coefficient (Wildman–Crippen LogP) is 4.00. The normalized spacial score (nSPS) is 26.5. The van der Waals surface area contributed by atoms with Gasteiger partial charge in [-0.1, -0.05) is 12.1 Å². The lowest BCUT2D eigenvalue weighted by molar-refractivity contribution is -0.0208. The van der Waals surface area contributed by atoms with Gasteiger partial charge in [0.1, 0.15) is 0 Å². The Balaban J connectivity index is 2.20. The number of rotatable bonds is 2. The molecule has 1 nitrogen and oxygen atoms in total. The fourth-order valence-corrected chi connectivity index (χ4v) is 2.94. The van der Waals surface area contributed by atoms with Crippen LogP contribution >= 0.6 is 34.2 Å². The number of ether oxygens (including phenoxy) is 1. The van der Waals surface area contributed by atoms with Crippen LogP contribution in [-0.2, 0) is 4.74 Å². The summed E-state index contributed by atoms with van der Waals surface area (Å²) in [6.45, 7) is 0.865. The summed E-state index contributed by atoms with van der Waals surface area (Å²) in [5.74, 6) is 1.16. The van der Waals surface area contributed by atoms with E-state index in [0.29, 0.717) is 11.8 Å². The van der Waals surface area contributed by atoms with Crippen molar-refractivity contribution in [2.75, 3.05) is 12.5 Å². The van der Waals surface area contributed by atoms with Crippen LogP contribution < -0.4 is 0 Å². The smallest absolute Gasteiger partial charge is 0.0864 e. The summed E-state index contributed by atoms with van der Waals surface area (Å²) in [5, 5.41) is 0. The van der Waals surface area contributed by atoms with Gasteiger partial charge in [0.2, 0.25) is 0 Å². The molecule has 1 aromatic carbocycles. The summed E-state index contributed by atoms with van der Waals surface area (Å²) in [6, 6.07) is 8.51. The van der Waals surface area contributed by atoms with Crippen LogP contribution in [0.15, 0.2) is 24.3 Å². The van der Waals surface area contributed by atoms with E-state index in [1.807, 2.05) is 0 Å². The molecule has 2 rings (SSSR count). The summed E-state index contributed by atoms with van der Waals surface area (Å²) in [7, 11) is 0. The topological polar surface area (TPSA) is 9.23 Å². The highest BCUT2D eigenvalue weighted by Crippen LogP contribution is 2.34. The van der Waals surface area contributed by atoms with Crippen molar-refractivity contribution in [2.24, 2.45) is 5.92 Å². The van der Waals surface area contributed by atoms with Crippen LogP contribution in [0, 0.1) is 9.49 Å². The van der Waals surface area contributed by atoms with E-state index >= 15 is 0 Å². The van der Waals surface area contributed by atoms with Gasteiger partial charge in [-0.05, 0) is 53.1 Å². The number of halogens is 2. The molecule has 3 heteroatoms. The SMILES string of the molecule is ClCC1CCCOC1c1cccc(I)c1. The van der Waals surface area contributed by atoms with E-state index in [1.165, 1.54) is 15.6 Å². The number of hydrogen-bond acceptors (Lipinski definition) is 1.